The van der Waals surface area contributed by atoms with E-state index in [1.165, 1.54) is 12.3 Å². The number of nitrogens with zero attached hydrogens (tertiary/aromatic N) is 2. The summed E-state index contributed by atoms with van der Waals surface area (Å²) in [4.78, 5) is 15.7. The minimum atomic E-state index is -1.37. The van der Waals surface area contributed by atoms with Crippen molar-refractivity contribution in [3.8, 4) is 0 Å². The summed E-state index contributed by atoms with van der Waals surface area (Å²) >= 11 is 0. The number of rotatable bonds is 3. The zero-order valence-electron chi connectivity index (χ0n) is 10.8. The van der Waals surface area contributed by atoms with Crippen LogP contribution in [0.15, 0.2) is 21.5 Å². The Balaban J connectivity index is 2.04. The summed E-state index contributed by atoms with van der Waals surface area (Å²) in [6, 6.07) is 1.50. The van der Waals surface area contributed by atoms with E-state index in [0.29, 0.717) is 5.39 Å². The first-order valence-electron chi connectivity index (χ1n) is 6.30. The second-order valence-electron chi connectivity index (χ2n) is 4.79. The fourth-order valence-electron chi connectivity index (χ4n) is 2.35. The van der Waals surface area contributed by atoms with Crippen molar-refractivity contribution in [2.45, 2.75) is 31.1 Å². The molecule has 3 rings (SSSR count). The number of fused-ring (bicyclic) bond motifs is 1. The molecule has 9 heteroatoms. The van der Waals surface area contributed by atoms with Crippen LogP contribution in [-0.2, 0) is 11.3 Å². The molecule has 0 saturated carbocycles. The van der Waals surface area contributed by atoms with E-state index in [1.54, 1.807) is 0 Å². The fourth-order valence-corrected chi connectivity index (χ4v) is 2.35. The molecular formula is C12H14N2O7. The van der Waals surface area contributed by atoms with Crippen molar-refractivity contribution in [1.29, 1.82) is 0 Å². The van der Waals surface area contributed by atoms with E-state index in [0.717, 1.165) is 4.57 Å². The molecule has 4 atom stereocenters. The van der Waals surface area contributed by atoms with Crippen molar-refractivity contribution in [2.24, 2.45) is 0 Å². The molecule has 1 saturated heterocycles. The molecule has 4 N–H and O–H groups in total. The van der Waals surface area contributed by atoms with Gasteiger partial charge in [0.15, 0.2) is 6.23 Å². The van der Waals surface area contributed by atoms with Gasteiger partial charge in [-0.1, -0.05) is 0 Å². The predicted octanol–water partition coefficient (Wildman–Crippen LogP) is -1.91. The Labute approximate surface area is 117 Å². The van der Waals surface area contributed by atoms with Crippen LogP contribution >= 0.6 is 0 Å². The number of hydrogen-bond acceptors (Lipinski definition) is 8. The molecule has 4 unspecified atom stereocenters. The molecule has 0 radical (unpaired) electrons. The maximum Gasteiger partial charge on any atom is 0.353 e. The van der Waals surface area contributed by atoms with Gasteiger partial charge in [0.05, 0.1) is 12.0 Å². The summed E-state index contributed by atoms with van der Waals surface area (Å²) in [5, 5.41) is 38.1. The zero-order chi connectivity index (χ0) is 15.1. The lowest BCUT2D eigenvalue weighted by Gasteiger charge is -2.16. The second-order valence-corrected chi connectivity index (χ2v) is 4.79. The highest BCUT2D eigenvalue weighted by atomic mass is 16.6. The Bertz CT molecular complexity index is 709. The predicted molar refractivity (Wildman–Crippen MR) is 67.2 cm³/mol. The average Bonchev–Trinajstić information content (AvgIpc) is 3.00. The molecule has 2 aromatic heterocycles. The van der Waals surface area contributed by atoms with Crippen LogP contribution in [0.3, 0.4) is 0 Å². The molecule has 0 aromatic carbocycles. The van der Waals surface area contributed by atoms with Crippen molar-refractivity contribution in [2.75, 3.05) is 6.61 Å². The van der Waals surface area contributed by atoms with Gasteiger partial charge in [-0.25, -0.2) is 4.79 Å². The third-order valence-electron chi connectivity index (χ3n) is 3.43. The maximum atomic E-state index is 12.0. The third-order valence-corrected chi connectivity index (χ3v) is 3.43. The highest BCUT2D eigenvalue weighted by Gasteiger charge is 2.43. The average molecular weight is 298 g/mol. The molecule has 0 amide bonds. The van der Waals surface area contributed by atoms with E-state index in [-0.39, 0.29) is 18.1 Å². The highest BCUT2D eigenvalue weighted by molar-refractivity contribution is 5.72. The number of ether oxygens (including phenoxy) is 1. The van der Waals surface area contributed by atoms with Crippen LogP contribution in [0, 0.1) is 0 Å². The number of aromatic nitrogens is 2. The molecule has 1 aliphatic heterocycles. The highest BCUT2D eigenvalue weighted by Crippen LogP contribution is 2.29. The van der Waals surface area contributed by atoms with Gasteiger partial charge < -0.3 is 29.6 Å². The van der Waals surface area contributed by atoms with Crippen LogP contribution in [-0.4, -0.2) is 54.9 Å². The minimum Gasteiger partial charge on any atom is -0.440 e. The van der Waals surface area contributed by atoms with Crippen LogP contribution < -0.4 is 5.69 Å². The van der Waals surface area contributed by atoms with Crippen LogP contribution in [0.25, 0.3) is 11.1 Å². The lowest BCUT2D eigenvalue weighted by atomic mass is 10.1. The maximum absolute atomic E-state index is 12.0. The van der Waals surface area contributed by atoms with Crippen LogP contribution in [0.5, 0.6) is 0 Å². The van der Waals surface area contributed by atoms with Crippen LogP contribution in [0.1, 0.15) is 12.0 Å². The quantitative estimate of drug-likeness (QED) is 0.515. The molecule has 0 bridgehead atoms. The van der Waals surface area contributed by atoms with Gasteiger partial charge in [-0.05, 0) is 6.07 Å². The molecule has 114 valence electrons. The first-order valence-corrected chi connectivity index (χ1v) is 6.30. The van der Waals surface area contributed by atoms with E-state index >= 15 is 0 Å². The lowest BCUT2D eigenvalue weighted by Crippen LogP contribution is -2.35. The van der Waals surface area contributed by atoms with Gasteiger partial charge in [0.1, 0.15) is 30.7 Å². The van der Waals surface area contributed by atoms with E-state index in [2.05, 4.69) is 4.98 Å². The van der Waals surface area contributed by atoms with Crippen molar-refractivity contribution >= 4 is 11.1 Å². The number of furan rings is 1. The van der Waals surface area contributed by atoms with Crippen LogP contribution in [0.4, 0.5) is 0 Å². The summed E-state index contributed by atoms with van der Waals surface area (Å²) in [5.74, 6) is 0.246. The van der Waals surface area contributed by atoms with Crippen molar-refractivity contribution in [3.05, 3.63) is 28.5 Å². The molecule has 1 fully saturated rings. The Kier molecular flexibility index (Phi) is 3.51. The van der Waals surface area contributed by atoms with Crippen molar-refractivity contribution in [1.82, 2.24) is 9.55 Å². The van der Waals surface area contributed by atoms with E-state index in [4.69, 9.17) is 19.4 Å². The smallest absolute Gasteiger partial charge is 0.353 e. The SMILES string of the molecule is O=c1nc2oc(CO)cc2cn1C1OC(CO)C(O)C1O. The summed E-state index contributed by atoms with van der Waals surface area (Å²) in [7, 11) is 0. The molecular weight excluding hydrogens is 284 g/mol. The molecule has 1 aliphatic rings. The van der Waals surface area contributed by atoms with Gasteiger partial charge >= 0.3 is 5.69 Å². The fraction of sp³-hybridized carbons (Fsp3) is 0.500. The first-order chi connectivity index (χ1) is 10.0. The third kappa shape index (κ3) is 2.24. The van der Waals surface area contributed by atoms with Crippen molar-refractivity contribution < 1.29 is 29.6 Å². The standard InChI is InChI=1S/C12H14N2O7/c15-3-6-1-5-2-14(12(19)13-10(5)20-6)11-9(18)8(17)7(4-16)21-11/h1-2,7-9,11,15-18H,3-4H2. The summed E-state index contributed by atoms with van der Waals surface area (Å²) < 4.78 is 11.4. The van der Waals surface area contributed by atoms with Gasteiger partial charge in [0.25, 0.3) is 0 Å². The number of hydrogen-bond donors (Lipinski definition) is 4. The molecule has 3 heterocycles. The van der Waals surface area contributed by atoms with Gasteiger partial charge in [-0.3, -0.25) is 4.57 Å². The largest absolute Gasteiger partial charge is 0.440 e. The Morgan fingerprint density at radius 2 is 2.05 bits per heavy atom. The summed E-state index contributed by atoms with van der Waals surface area (Å²) in [5.41, 5.74) is -0.678. The summed E-state index contributed by atoms with van der Waals surface area (Å²) in [6.45, 7) is -0.822. The zero-order valence-corrected chi connectivity index (χ0v) is 10.8. The molecule has 2 aromatic rings. The van der Waals surface area contributed by atoms with Crippen molar-refractivity contribution in [3.63, 3.8) is 0 Å². The second kappa shape index (κ2) is 5.20. The van der Waals surface area contributed by atoms with Gasteiger partial charge in [-0.2, -0.15) is 4.98 Å². The summed E-state index contributed by atoms with van der Waals surface area (Å²) in [6.07, 6.45) is -3.46. The Morgan fingerprint density at radius 1 is 1.29 bits per heavy atom. The topological polar surface area (TPSA) is 138 Å². The molecule has 0 spiro atoms. The van der Waals surface area contributed by atoms with Gasteiger partial charge in [0, 0.05) is 6.20 Å². The monoisotopic (exact) mass is 298 g/mol. The minimum absolute atomic E-state index is 0.0621. The van der Waals surface area contributed by atoms with E-state index in [9.17, 15) is 15.0 Å². The molecule has 0 aliphatic carbocycles. The first kappa shape index (κ1) is 14.2. The Morgan fingerprint density at radius 3 is 2.67 bits per heavy atom. The van der Waals surface area contributed by atoms with E-state index in [1.807, 2.05) is 0 Å². The Hall–Kier alpha value is -1.78. The number of aliphatic hydroxyl groups excluding tert-OH is 4. The number of aliphatic hydroxyl groups is 4. The van der Waals surface area contributed by atoms with Crippen LogP contribution in [0.2, 0.25) is 0 Å². The molecule has 9 nitrogen and oxygen atoms in total. The molecule has 21 heavy (non-hydrogen) atoms. The lowest BCUT2D eigenvalue weighted by molar-refractivity contribution is -0.0547. The van der Waals surface area contributed by atoms with Gasteiger partial charge in [-0.15, -0.1) is 0 Å². The normalized spacial score (nSPS) is 29.3. The van der Waals surface area contributed by atoms with E-state index < -0.39 is 36.8 Å². The van der Waals surface area contributed by atoms with Gasteiger partial charge in [0.2, 0.25) is 5.71 Å².